The topological polar surface area (TPSA) is 29.5 Å². The number of benzene rings is 1. The molecule has 0 N–H and O–H groups in total. The van der Waals surface area contributed by atoms with Crippen LogP contribution in [0, 0.1) is 0 Å². The van der Waals surface area contributed by atoms with Gasteiger partial charge in [0.2, 0.25) is 0 Å². The van der Waals surface area contributed by atoms with E-state index in [4.69, 9.17) is 4.74 Å². The zero-order valence-corrected chi connectivity index (χ0v) is 14.5. The molecule has 0 radical (unpaired) electrons. The maximum Gasteiger partial charge on any atom is 0.410 e. The van der Waals surface area contributed by atoms with Gasteiger partial charge in [-0.1, -0.05) is 37.9 Å². The number of nitrogens with zero attached hydrogens (tertiary/aromatic N) is 1. The highest BCUT2D eigenvalue weighted by Crippen LogP contribution is 2.32. The smallest absolute Gasteiger partial charge is 0.410 e. The van der Waals surface area contributed by atoms with Gasteiger partial charge in [0, 0.05) is 16.3 Å². The van der Waals surface area contributed by atoms with Crippen LogP contribution >= 0.6 is 31.9 Å². The van der Waals surface area contributed by atoms with E-state index in [9.17, 15) is 4.79 Å². The molecule has 0 unspecified atom stereocenters. The minimum atomic E-state index is -0.454. The summed E-state index contributed by atoms with van der Waals surface area (Å²) >= 11 is 7.04. The monoisotopic (exact) mass is 389 g/mol. The van der Waals surface area contributed by atoms with Gasteiger partial charge in [0.05, 0.1) is 6.54 Å². The molecule has 0 saturated heterocycles. The first kappa shape index (κ1) is 14.9. The molecule has 1 aliphatic rings. The number of amides is 1. The third-order valence-corrected chi connectivity index (χ3v) is 4.22. The van der Waals surface area contributed by atoms with Gasteiger partial charge in [-0.05, 0) is 43.5 Å². The van der Waals surface area contributed by atoms with E-state index in [-0.39, 0.29) is 6.09 Å². The molecule has 0 spiro atoms. The van der Waals surface area contributed by atoms with Crippen LogP contribution in [-0.4, -0.2) is 16.6 Å². The Kier molecular flexibility index (Phi) is 4.26. The number of fused-ring (bicyclic) bond motifs is 1. The molecule has 0 atom stereocenters. The summed E-state index contributed by atoms with van der Waals surface area (Å²) < 4.78 is 6.47. The Labute approximate surface area is 130 Å². The molecule has 2 rings (SSSR count). The van der Waals surface area contributed by atoms with Gasteiger partial charge in [-0.15, -0.1) is 0 Å². The molecule has 1 amide bonds. The standard InChI is InChI=1S/C14H17Br2NO2/c1-14(2,3)19-13(18)17-7-10-4-9(6-15)5-12(16)11(10)8-17/h4-5H,6-8H2,1-3H3. The van der Waals surface area contributed by atoms with E-state index in [1.165, 1.54) is 16.7 Å². The molecule has 1 aliphatic heterocycles. The van der Waals surface area contributed by atoms with Crippen molar-refractivity contribution in [1.82, 2.24) is 4.90 Å². The molecule has 1 aromatic rings. The van der Waals surface area contributed by atoms with E-state index in [0.717, 1.165) is 9.80 Å². The summed E-state index contributed by atoms with van der Waals surface area (Å²) in [6, 6.07) is 4.23. The van der Waals surface area contributed by atoms with Gasteiger partial charge < -0.3 is 4.74 Å². The third-order valence-electron chi connectivity index (χ3n) is 2.86. The summed E-state index contributed by atoms with van der Waals surface area (Å²) in [5.74, 6) is 0. The first-order valence-electron chi connectivity index (χ1n) is 6.14. The second kappa shape index (κ2) is 5.44. The van der Waals surface area contributed by atoms with E-state index in [1.54, 1.807) is 4.90 Å². The molecule has 104 valence electrons. The predicted octanol–water partition coefficient (Wildman–Crippen LogP) is 4.59. The van der Waals surface area contributed by atoms with Crippen molar-refractivity contribution in [3.8, 4) is 0 Å². The fraction of sp³-hybridized carbons (Fsp3) is 0.500. The molecule has 0 saturated carbocycles. The number of carbonyl (C=O) groups is 1. The molecule has 1 aromatic carbocycles. The van der Waals surface area contributed by atoms with Crippen LogP contribution in [-0.2, 0) is 23.2 Å². The lowest BCUT2D eigenvalue weighted by Gasteiger charge is -2.24. The van der Waals surface area contributed by atoms with Crippen LogP contribution in [0.15, 0.2) is 16.6 Å². The molecule has 3 nitrogen and oxygen atoms in total. The van der Waals surface area contributed by atoms with Crippen molar-refractivity contribution in [3.63, 3.8) is 0 Å². The van der Waals surface area contributed by atoms with E-state index in [0.29, 0.717) is 13.1 Å². The highest BCUT2D eigenvalue weighted by molar-refractivity contribution is 9.10. The van der Waals surface area contributed by atoms with Crippen molar-refractivity contribution in [1.29, 1.82) is 0 Å². The van der Waals surface area contributed by atoms with Crippen molar-refractivity contribution in [3.05, 3.63) is 33.3 Å². The van der Waals surface area contributed by atoms with E-state index in [1.807, 2.05) is 20.8 Å². The fourth-order valence-electron chi connectivity index (χ4n) is 2.06. The minimum absolute atomic E-state index is 0.254. The maximum absolute atomic E-state index is 12.1. The molecular formula is C14H17Br2NO2. The number of halogens is 2. The number of hydrogen-bond acceptors (Lipinski definition) is 2. The Morgan fingerprint density at radius 1 is 1.37 bits per heavy atom. The molecule has 19 heavy (non-hydrogen) atoms. The number of rotatable bonds is 1. The number of alkyl halides is 1. The van der Waals surface area contributed by atoms with Crippen LogP contribution in [0.25, 0.3) is 0 Å². The molecule has 0 aromatic heterocycles. The Bertz CT molecular complexity index is 509. The molecule has 0 fully saturated rings. The van der Waals surface area contributed by atoms with Gasteiger partial charge in [-0.2, -0.15) is 0 Å². The highest BCUT2D eigenvalue weighted by Gasteiger charge is 2.29. The summed E-state index contributed by atoms with van der Waals surface area (Å²) in [6.45, 7) is 6.87. The van der Waals surface area contributed by atoms with Crippen molar-refractivity contribution in [2.45, 2.75) is 44.8 Å². The lowest BCUT2D eigenvalue weighted by molar-refractivity contribution is 0.0241. The van der Waals surface area contributed by atoms with E-state index < -0.39 is 5.60 Å². The van der Waals surface area contributed by atoms with Crippen LogP contribution in [0.1, 0.15) is 37.5 Å². The Hall–Kier alpha value is -0.550. The first-order chi connectivity index (χ1) is 8.80. The molecule has 5 heteroatoms. The zero-order chi connectivity index (χ0) is 14.2. The summed E-state index contributed by atoms with van der Waals surface area (Å²) in [5.41, 5.74) is 3.12. The van der Waals surface area contributed by atoms with Crippen LogP contribution in [0.5, 0.6) is 0 Å². The molecule has 0 aliphatic carbocycles. The number of carbonyl (C=O) groups excluding carboxylic acids is 1. The number of hydrogen-bond donors (Lipinski definition) is 0. The first-order valence-corrected chi connectivity index (χ1v) is 8.05. The van der Waals surface area contributed by atoms with Crippen LogP contribution in [0.4, 0.5) is 4.79 Å². The largest absolute Gasteiger partial charge is 0.444 e. The summed E-state index contributed by atoms with van der Waals surface area (Å²) in [7, 11) is 0. The fourth-order valence-corrected chi connectivity index (χ4v) is 3.06. The summed E-state index contributed by atoms with van der Waals surface area (Å²) in [4.78, 5) is 13.8. The normalized spacial score (nSPS) is 14.5. The van der Waals surface area contributed by atoms with Gasteiger partial charge in [-0.25, -0.2) is 4.79 Å². The molecule has 0 bridgehead atoms. The van der Waals surface area contributed by atoms with Gasteiger partial charge >= 0.3 is 6.09 Å². The lowest BCUT2D eigenvalue weighted by Crippen LogP contribution is -2.33. The average Bonchev–Trinajstić information content (AvgIpc) is 2.71. The van der Waals surface area contributed by atoms with Crippen molar-refractivity contribution >= 4 is 38.0 Å². The van der Waals surface area contributed by atoms with Crippen LogP contribution < -0.4 is 0 Å². The lowest BCUT2D eigenvalue weighted by atomic mass is 10.1. The van der Waals surface area contributed by atoms with Crippen LogP contribution in [0.2, 0.25) is 0 Å². The van der Waals surface area contributed by atoms with Gasteiger partial charge in [0.25, 0.3) is 0 Å². The quantitative estimate of drug-likeness (QED) is 0.656. The second-order valence-corrected chi connectivity index (χ2v) is 7.10. The SMILES string of the molecule is CC(C)(C)OC(=O)N1Cc2cc(CBr)cc(Br)c2C1. The maximum atomic E-state index is 12.1. The Morgan fingerprint density at radius 2 is 2.05 bits per heavy atom. The molecule has 1 heterocycles. The number of ether oxygens (including phenoxy) is 1. The van der Waals surface area contributed by atoms with Gasteiger partial charge in [0.1, 0.15) is 5.60 Å². The van der Waals surface area contributed by atoms with Gasteiger partial charge in [0.15, 0.2) is 0 Å². The van der Waals surface area contributed by atoms with E-state index in [2.05, 4.69) is 44.0 Å². The summed E-state index contributed by atoms with van der Waals surface area (Å²) in [6.07, 6.45) is -0.254. The second-order valence-electron chi connectivity index (χ2n) is 5.69. The predicted molar refractivity (Wildman–Crippen MR) is 82.3 cm³/mol. The average molecular weight is 391 g/mol. The summed E-state index contributed by atoms with van der Waals surface area (Å²) in [5, 5.41) is 0.811. The third kappa shape index (κ3) is 3.51. The highest BCUT2D eigenvalue weighted by atomic mass is 79.9. The Morgan fingerprint density at radius 3 is 2.63 bits per heavy atom. The van der Waals surface area contributed by atoms with Gasteiger partial charge in [-0.3, -0.25) is 4.90 Å². The zero-order valence-electron chi connectivity index (χ0n) is 11.3. The van der Waals surface area contributed by atoms with Crippen molar-refractivity contribution in [2.24, 2.45) is 0 Å². The Balaban J connectivity index is 2.16. The molecular weight excluding hydrogens is 374 g/mol. The van der Waals surface area contributed by atoms with Crippen LogP contribution in [0.3, 0.4) is 0 Å². The van der Waals surface area contributed by atoms with Crippen molar-refractivity contribution in [2.75, 3.05) is 0 Å². The van der Waals surface area contributed by atoms with Crippen molar-refractivity contribution < 1.29 is 9.53 Å². The van der Waals surface area contributed by atoms with E-state index >= 15 is 0 Å². The minimum Gasteiger partial charge on any atom is -0.444 e.